The summed E-state index contributed by atoms with van der Waals surface area (Å²) in [6, 6.07) is 64.5. The van der Waals surface area contributed by atoms with E-state index in [0.29, 0.717) is 0 Å². The minimum atomic E-state index is -0.0757. The molecule has 2 nitrogen and oxygen atoms in total. The third-order valence-corrected chi connectivity index (χ3v) is 13.5. The monoisotopic (exact) mass is 733 g/mol. The van der Waals surface area contributed by atoms with Crippen molar-refractivity contribution in [3.8, 4) is 22.3 Å². The number of para-hydroxylation sites is 1. The Bertz CT molecular complexity index is 3260. The molecule has 0 fully saturated rings. The van der Waals surface area contributed by atoms with E-state index in [1.54, 1.807) is 0 Å². The normalized spacial score (nSPS) is 13.3. The van der Waals surface area contributed by atoms with Crippen molar-refractivity contribution in [1.29, 1.82) is 0 Å². The Morgan fingerprint density at radius 2 is 1.05 bits per heavy atom. The SMILES string of the molecule is CC1(C)c2ccccc2-c2ccc(-c3cccc(N(c4cccc5c4oc4c6ccccc6ccc54)c4cccc5c4sc4c6ccccc6ccc54)c3)cc21. The average molecular weight is 734 g/mol. The van der Waals surface area contributed by atoms with Crippen LogP contribution in [-0.4, -0.2) is 0 Å². The second kappa shape index (κ2) is 11.7. The molecule has 0 aliphatic heterocycles. The number of hydrogen-bond acceptors (Lipinski definition) is 3. The molecule has 3 heteroatoms. The first-order valence-corrected chi connectivity index (χ1v) is 20.2. The van der Waals surface area contributed by atoms with Gasteiger partial charge in [0.2, 0.25) is 0 Å². The van der Waals surface area contributed by atoms with Crippen LogP contribution in [-0.2, 0) is 5.41 Å². The van der Waals surface area contributed by atoms with Gasteiger partial charge in [0.15, 0.2) is 5.58 Å². The van der Waals surface area contributed by atoms with Crippen LogP contribution < -0.4 is 4.90 Å². The van der Waals surface area contributed by atoms with Gasteiger partial charge in [-0.05, 0) is 85.9 Å². The Labute approximate surface area is 328 Å². The molecule has 0 amide bonds. The Kier molecular flexibility index (Phi) is 6.59. The van der Waals surface area contributed by atoms with E-state index >= 15 is 0 Å². The first-order valence-electron chi connectivity index (χ1n) is 19.3. The number of thiophene rings is 1. The van der Waals surface area contributed by atoms with E-state index in [2.05, 4.69) is 195 Å². The molecule has 2 heterocycles. The van der Waals surface area contributed by atoms with Crippen LogP contribution in [0.3, 0.4) is 0 Å². The molecule has 2 aromatic heterocycles. The summed E-state index contributed by atoms with van der Waals surface area (Å²) in [4.78, 5) is 2.43. The summed E-state index contributed by atoms with van der Waals surface area (Å²) < 4.78 is 9.59. The summed E-state index contributed by atoms with van der Waals surface area (Å²) in [5.74, 6) is 0. The van der Waals surface area contributed by atoms with E-state index in [0.717, 1.165) is 44.4 Å². The van der Waals surface area contributed by atoms with Gasteiger partial charge in [0, 0.05) is 42.7 Å². The van der Waals surface area contributed by atoms with Gasteiger partial charge in [0.05, 0.1) is 16.1 Å². The smallest absolute Gasteiger partial charge is 0.159 e. The molecule has 1 aliphatic rings. The highest BCUT2D eigenvalue weighted by molar-refractivity contribution is 7.27. The third kappa shape index (κ3) is 4.43. The highest BCUT2D eigenvalue weighted by atomic mass is 32.1. The lowest BCUT2D eigenvalue weighted by atomic mass is 9.81. The van der Waals surface area contributed by atoms with Crippen molar-refractivity contribution in [3.05, 3.63) is 187 Å². The lowest BCUT2D eigenvalue weighted by Crippen LogP contribution is -2.14. The van der Waals surface area contributed by atoms with E-state index in [1.165, 1.54) is 69.7 Å². The summed E-state index contributed by atoms with van der Waals surface area (Å²) in [7, 11) is 0. The fourth-order valence-corrected chi connectivity index (χ4v) is 10.8. The number of hydrogen-bond donors (Lipinski definition) is 0. The Morgan fingerprint density at radius 3 is 1.93 bits per heavy atom. The average Bonchev–Trinajstić information content (AvgIpc) is 3.90. The predicted molar refractivity (Wildman–Crippen MR) is 239 cm³/mol. The minimum absolute atomic E-state index is 0.0757. The highest BCUT2D eigenvalue weighted by Gasteiger charge is 2.35. The molecular weight excluding hydrogens is 699 g/mol. The maximum atomic E-state index is 7.03. The Balaban J connectivity index is 1.11. The molecule has 0 bridgehead atoms. The summed E-state index contributed by atoms with van der Waals surface area (Å²) >= 11 is 1.88. The third-order valence-electron chi connectivity index (χ3n) is 12.2. The Morgan fingerprint density at radius 1 is 0.429 bits per heavy atom. The van der Waals surface area contributed by atoms with Gasteiger partial charge in [-0.2, -0.15) is 0 Å². The van der Waals surface area contributed by atoms with Gasteiger partial charge in [-0.15, -0.1) is 11.3 Å². The molecule has 0 atom stereocenters. The Hall–Kier alpha value is -6.68. The van der Waals surface area contributed by atoms with E-state index in [9.17, 15) is 0 Å². The van der Waals surface area contributed by atoms with Gasteiger partial charge in [-0.25, -0.2) is 0 Å². The lowest BCUT2D eigenvalue weighted by molar-refractivity contribution is 0.660. The van der Waals surface area contributed by atoms with Crippen LogP contribution in [0.2, 0.25) is 0 Å². The van der Waals surface area contributed by atoms with Gasteiger partial charge in [0.25, 0.3) is 0 Å². The minimum Gasteiger partial charge on any atom is -0.453 e. The zero-order valence-electron chi connectivity index (χ0n) is 31.0. The van der Waals surface area contributed by atoms with Gasteiger partial charge < -0.3 is 9.32 Å². The van der Waals surface area contributed by atoms with Gasteiger partial charge in [-0.1, -0.05) is 153 Å². The molecule has 9 aromatic carbocycles. The molecule has 56 heavy (non-hydrogen) atoms. The predicted octanol–water partition coefficient (Wildman–Crippen LogP) is 15.7. The highest BCUT2D eigenvalue weighted by Crippen LogP contribution is 2.51. The second-order valence-electron chi connectivity index (χ2n) is 15.7. The van der Waals surface area contributed by atoms with Crippen LogP contribution in [0.4, 0.5) is 17.1 Å². The molecule has 11 aromatic rings. The van der Waals surface area contributed by atoms with Crippen molar-refractivity contribution in [3.63, 3.8) is 0 Å². The molecule has 0 spiro atoms. The number of furan rings is 1. The van der Waals surface area contributed by atoms with Crippen LogP contribution >= 0.6 is 11.3 Å². The van der Waals surface area contributed by atoms with Crippen LogP contribution in [0.5, 0.6) is 0 Å². The van der Waals surface area contributed by atoms with Gasteiger partial charge >= 0.3 is 0 Å². The first-order chi connectivity index (χ1) is 27.5. The number of anilines is 3. The first kappa shape index (κ1) is 31.6. The zero-order chi connectivity index (χ0) is 37.1. The summed E-state index contributed by atoms with van der Waals surface area (Å²) in [5, 5.41) is 9.64. The quantitative estimate of drug-likeness (QED) is 0.179. The molecule has 0 saturated carbocycles. The largest absolute Gasteiger partial charge is 0.453 e. The number of fused-ring (bicyclic) bond motifs is 13. The van der Waals surface area contributed by atoms with E-state index in [1.807, 2.05) is 11.3 Å². The molecule has 12 rings (SSSR count). The maximum Gasteiger partial charge on any atom is 0.159 e. The van der Waals surface area contributed by atoms with Crippen molar-refractivity contribution in [1.82, 2.24) is 0 Å². The molecular formula is C53H35NOS. The fourth-order valence-electron chi connectivity index (χ4n) is 9.49. The van der Waals surface area contributed by atoms with E-state index < -0.39 is 0 Å². The molecule has 0 saturated heterocycles. The van der Waals surface area contributed by atoms with Crippen LogP contribution in [0.25, 0.3) is 85.9 Å². The van der Waals surface area contributed by atoms with Crippen molar-refractivity contribution in [2.45, 2.75) is 19.3 Å². The van der Waals surface area contributed by atoms with Crippen LogP contribution in [0.15, 0.2) is 180 Å². The van der Waals surface area contributed by atoms with Gasteiger partial charge in [0.1, 0.15) is 5.58 Å². The topological polar surface area (TPSA) is 16.4 Å². The summed E-state index contributed by atoms with van der Waals surface area (Å²) in [5.41, 5.74) is 12.8. The fraction of sp³-hybridized carbons (Fsp3) is 0.0566. The zero-order valence-corrected chi connectivity index (χ0v) is 31.8. The van der Waals surface area contributed by atoms with Crippen molar-refractivity contribution in [2.24, 2.45) is 0 Å². The molecule has 1 aliphatic carbocycles. The second-order valence-corrected chi connectivity index (χ2v) is 16.7. The van der Waals surface area contributed by atoms with Crippen molar-refractivity contribution >= 4 is 92.1 Å². The number of benzene rings is 9. The van der Waals surface area contributed by atoms with Crippen LogP contribution in [0, 0.1) is 0 Å². The van der Waals surface area contributed by atoms with Crippen LogP contribution in [0.1, 0.15) is 25.0 Å². The lowest BCUT2D eigenvalue weighted by Gasteiger charge is -2.27. The number of rotatable bonds is 4. The standard InChI is InChI=1S/C53H35NOS/c1-53(2)45-21-8-7-18-39(45)40-27-26-35(31-46(40)53)34-14-9-15-36(30-34)54(47-22-10-19-41-42-28-24-32-12-3-5-16-37(32)49(42)55-50(41)47)48-23-11-20-43-44-29-25-33-13-4-6-17-38(33)51(44)56-52(43)48/h3-31H,1-2H3. The van der Waals surface area contributed by atoms with E-state index in [4.69, 9.17) is 4.42 Å². The van der Waals surface area contributed by atoms with E-state index in [-0.39, 0.29) is 5.41 Å². The molecule has 264 valence electrons. The molecule has 0 N–H and O–H groups in total. The van der Waals surface area contributed by atoms with Crippen molar-refractivity contribution < 1.29 is 4.42 Å². The molecule has 0 unspecified atom stereocenters. The number of nitrogens with zero attached hydrogens (tertiary/aromatic N) is 1. The summed E-state index contributed by atoms with van der Waals surface area (Å²) in [6.45, 7) is 4.71. The maximum absolute atomic E-state index is 7.03. The molecule has 0 radical (unpaired) electrons. The van der Waals surface area contributed by atoms with Gasteiger partial charge in [-0.3, -0.25) is 0 Å². The van der Waals surface area contributed by atoms with Crippen molar-refractivity contribution in [2.75, 3.05) is 4.90 Å². The summed E-state index contributed by atoms with van der Waals surface area (Å²) in [6.07, 6.45) is 0.